The average Bonchev–Trinajstić information content (AvgIpc) is 2.20. The first-order valence-electron chi connectivity index (χ1n) is 4.27. The SMILES string of the molecule is COc1c(C(=O)NN)ccc(C)c1C. The lowest BCUT2D eigenvalue weighted by Crippen LogP contribution is -2.30. The number of aryl methyl sites for hydroxylation is 1. The quantitative estimate of drug-likeness (QED) is 0.418. The van der Waals surface area contributed by atoms with Gasteiger partial charge in [0.15, 0.2) is 0 Å². The number of hydrogen-bond donors (Lipinski definition) is 2. The Bertz CT molecular complexity index is 361. The molecule has 1 amide bonds. The van der Waals surface area contributed by atoms with E-state index in [1.807, 2.05) is 19.9 Å². The zero-order valence-corrected chi connectivity index (χ0v) is 8.55. The number of hydrogen-bond acceptors (Lipinski definition) is 3. The van der Waals surface area contributed by atoms with Crippen molar-refractivity contribution in [2.45, 2.75) is 13.8 Å². The van der Waals surface area contributed by atoms with Gasteiger partial charge in [-0.3, -0.25) is 10.2 Å². The van der Waals surface area contributed by atoms with Crippen molar-refractivity contribution in [2.24, 2.45) is 5.84 Å². The standard InChI is InChI=1S/C10H14N2O2/c1-6-4-5-8(10(13)12-11)9(14-3)7(6)2/h4-5H,11H2,1-3H3,(H,12,13). The van der Waals surface area contributed by atoms with Gasteiger partial charge < -0.3 is 4.74 Å². The zero-order valence-electron chi connectivity index (χ0n) is 8.55. The second-order valence-corrected chi connectivity index (χ2v) is 3.06. The average molecular weight is 194 g/mol. The van der Waals surface area contributed by atoms with Gasteiger partial charge in [-0.15, -0.1) is 0 Å². The Morgan fingerprint density at radius 1 is 1.43 bits per heavy atom. The summed E-state index contributed by atoms with van der Waals surface area (Å²) in [5.41, 5.74) is 4.57. The third-order valence-corrected chi connectivity index (χ3v) is 2.26. The van der Waals surface area contributed by atoms with Crippen LogP contribution in [0.5, 0.6) is 5.75 Å². The molecule has 76 valence electrons. The Kier molecular flexibility index (Phi) is 3.09. The molecule has 14 heavy (non-hydrogen) atoms. The van der Waals surface area contributed by atoms with Crippen LogP contribution >= 0.6 is 0 Å². The molecule has 0 atom stereocenters. The van der Waals surface area contributed by atoms with Gasteiger partial charge in [-0.25, -0.2) is 5.84 Å². The minimum atomic E-state index is -0.343. The van der Waals surface area contributed by atoms with Crippen molar-refractivity contribution < 1.29 is 9.53 Å². The van der Waals surface area contributed by atoms with Crippen LogP contribution in [-0.2, 0) is 0 Å². The lowest BCUT2D eigenvalue weighted by molar-refractivity contribution is 0.0950. The molecule has 3 N–H and O–H groups in total. The smallest absolute Gasteiger partial charge is 0.268 e. The van der Waals surface area contributed by atoms with Gasteiger partial charge in [0.1, 0.15) is 5.75 Å². The van der Waals surface area contributed by atoms with Crippen LogP contribution in [0.1, 0.15) is 21.5 Å². The van der Waals surface area contributed by atoms with Crippen molar-refractivity contribution in [2.75, 3.05) is 7.11 Å². The summed E-state index contributed by atoms with van der Waals surface area (Å²) < 4.78 is 5.16. The van der Waals surface area contributed by atoms with Crippen LogP contribution in [-0.4, -0.2) is 13.0 Å². The molecular formula is C10H14N2O2. The van der Waals surface area contributed by atoms with Crippen LogP contribution in [0.4, 0.5) is 0 Å². The van der Waals surface area contributed by atoms with Crippen LogP contribution in [0.3, 0.4) is 0 Å². The van der Waals surface area contributed by atoms with Gasteiger partial charge in [-0.05, 0) is 31.0 Å². The fourth-order valence-electron chi connectivity index (χ4n) is 1.31. The lowest BCUT2D eigenvalue weighted by Gasteiger charge is -2.11. The summed E-state index contributed by atoms with van der Waals surface area (Å²) in [7, 11) is 1.54. The molecule has 0 unspecified atom stereocenters. The summed E-state index contributed by atoms with van der Waals surface area (Å²) in [5.74, 6) is 5.29. The van der Waals surface area contributed by atoms with Crippen LogP contribution in [0, 0.1) is 13.8 Å². The van der Waals surface area contributed by atoms with Gasteiger partial charge in [-0.1, -0.05) is 6.07 Å². The summed E-state index contributed by atoms with van der Waals surface area (Å²) in [6, 6.07) is 3.56. The molecule has 0 bridgehead atoms. The summed E-state index contributed by atoms with van der Waals surface area (Å²) in [5, 5.41) is 0. The molecule has 1 aromatic carbocycles. The van der Waals surface area contributed by atoms with Gasteiger partial charge in [0.05, 0.1) is 12.7 Å². The molecule has 1 aromatic rings. The van der Waals surface area contributed by atoms with Crippen LogP contribution in [0.25, 0.3) is 0 Å². The fraction of sp³-hybridized carbons (Fsp3) is 0.300. The van der Waals surface area contributed by atoms with Crippen molar-refractivity contribution >= 4 is 5.91 Å². The van der Waals surface area contributed by atoms with Crippen LogP contribution < -0.4 is 16.0 Å². The number of rotatable bonds is 2. The van der Waals surface area contributed by atoms with Gasteiger partial charge in [0.25, 0.3) is 5.91 Å². The Morgan fingerprint density at radius 3 is 2.57 bits per heavy atom. The summed E-state index contributed by atoms with van der Waals surface area (Å²) in [6.07, 6.45) is 0. The second-order valence-electron chi connectivity index (χ2n) is 3.06. The third kappa shape index (κ3) is 1.70. The molecule has 0 aliphatic heterocycles. The lowest BCUT2D eigenvalue weighted by atomic mass is 10.0. The normalized spacial score (nSPS) is 9.71. The van der Waals surface area contributed by atoms with Crippen molar-refractivity contribution in [1.29, 1.82) is 0 Å². The number of ether oxygens (including phenoxy) is 1. The summed E-state index contributed by atoms with van der Waals surface area (Å²) in [4.78, 5) is 11.3. The van der Waals surface area contributed by atoms with E-state index in [4.69, 9.17) is 10.6 Å². The monoisotopic (exact) mass is 194 g/mol. The van der Waals surface area contributed by atoms with E-state index in [-0.39, 0.29) is 5.91 Å². The number of hydrazine groups is 1. The first-order chi connectivity index (χ1) is 6.61. The largest absolute Gasteiger partial charge is 0.496 e. The molecule has 0 aromatic heterocycles. The highest BCUT2D eigenvalue weighted by Crippen LogP contribution is 2.25. The maximum Gasteiger partial charge on any atom is 0.268 e. The molecule has 0 heterocycles. The number of nitrogens with one attached hydrogen (secondary N) is 1. The number of carbonyl (C=O) groups excluding carboxylic acids is 1. The van der Waals surface area contributed by atoms with Crippen molar-refractivity contribution in [3.8, 4) is 5.75 Å². The summed E-state index contributed by atoms with van der Waals surface area (Å²) in [6.45, 7) is 3.86. The van der Waals surface area contributed by atoms with Gasteiger partial charge in [-0.2, -0.15) is 0 Å². The first kappa shape index (κ1) is 10.5. The van der Waals surface area contributed by atoms with E-state index < -0.39 is 0 Å². The van der Waals surface area contributed by atoms with E-state index in [0.29, 0.717) is 11.3 Å². The molecular weight excluding hydrogens is 180 g/mol. The Balaban J connectivity index is 3.31. The molecule has 0 fully saturated rings. The molecule has 4 nitrogen and oxygen atoms in total. The Labute approximate surface area is 83.0 Å². The van der Waals surface area contributed by atoms with Gasteiger partial charge in [0, 0.05) is 0 Å². The van der Waals surface area contributed by atoms with Crippen molar-refractivity contribution in [3.05, 3.63) is 28.8 Å². The number of amides is 1. The number of benzene rings is 1. The first-order valence-corrected chi connectivity index (χ1v) is 4.27. The minimum Gasteiger partial charge on any atom is -0.496 e. The molecule has 4 heteroatoms. The molecule has 0 saturated carbocycles. The number of nitrogen functional groups attached to an aromatic ring is 1. The highest BCUT2D eigenvalue weighted by Gasteiger charge is 2.13. The molecule has 0 aliphatic carbocycles. The fourth-order valence-corrected chi connectivity index (χ4v) is 1.31. The minimum absolute atomic E-state index is 0.343. The molecule has 1 rings (SSSR count). The van der Waals surface area contributed by atoms with E-state index in [9.17, 15) is 4.79 Å². The predicted octanol–water partition coefficient (Wildman–Crippen LogP) is 0.916. The van der Waals surface area contributed by atoms with Gasteiger partial charge in [0.2, 0.25) is 0 Å². The molecule has 0 aliphatic rings. The molecule has 0 saturated heterocycles. The highest BCUT2D eigenvalue weighted by molar-refractivity contribution is 5.97. The van der Waals surface area contributed by atoms with Crippen molar-refractivity contribution in [3.63, 3.8) is 0 Å². The van der Waals surface area contributed by atoms with Crippen LogP contribution in [0.2, 0.25) is 0 Å². The number of nitrogens with two attached hydrogens (primary N) is 1. The van der Waals surface area contributed by atoms with E-state index in [1.165, 1.54) is 7.11 Å². The van der Waals surface area contributed by atoms with E-state index in [0.717, 1.165) is 11.1 Å². The van der Waals surface area contributed by atoms with Crippen LogP contribution in [0.15, 0.2) is 12.1 Å². The number of methoxy groups -OCH3 is 1. The highest BCUT2D eigenvalue weighted by atomic mass is 16.5. The maximum atomic E-state index is 11.3. The van der Waals surface area contributed by atoms with Crippen molar-refractivity contribution in [1.82, 2.24) is 5.43 Å². The Morgan fingerprint density at radius 2 is 2.07 bits per heavy atom. The molecule has 0 radical (unpaired) electrons. The van der Waals surface area contributed by atoms with E-state index >= 15 is 0 Å². The number of carbonyl (C=O) groups is 1. The third-order valence-electron chi connectivity index (χ3n) is 2.26. The Hall–Kier alpha value is -1.55. The van der Waals surface area contributed by atoms with E-state index in [1.54, 1.807) is 6.07 Å². The summed E-state index contributed by atoms with van der Waals surface area (Å²) >= 11 is 0. The topological polar surface area (TPSA) is 64.3 Å². The second kappa shape index (κ2) is 4.11. The maximum absolute atomic E-state index is 11.3. The molecule has 0 spiro atoms. The van der Waals surface area contributed by atoms with Gasteiger partial charge >= 0.3 is 0 Å². The predicted molar refractivity (Wildman–Crippen MR) is 54.1 cm³/mol. The van der Waals surface area contributed by atoms with E-state index in [2.05, 4.69) is 5.43 Å². The zero-order chi connectivity index (χ0) is 10.7.